The van der Waals surface area contributed by atoms with Gasteiger partial charge in [-0.3, -0.25) is 18.7 Å². The molecule has 0 aliphatic rings. The number of unbranched alkanes of at least 4 members (excludes halogenated alkanes) is 2. The standard InChI is InChI=1S/C20H38O10S2.Na.H/c1-5-9-11-15(7-3)19(31(23,24)25)29-17(21)13-14-18(22)30-20(32(26,27)28)16(8-4)12-10-6-2;;/h15-16,19-20H,5-14H2,1-4H3,(H,23,24,25)(H,26,27,28);;/q;+1;-1. The van der Waals surface area contributed by atoms with Crippen LogP contribution in [0.4, 0.5) is 0 Å². The van der Waals surface area contributed by atoms with E-state index in [0.717, 1.165) is 12.8 Å². The molecule has 4 unspecified atom stereocenters. The molecule has 33 heavy (non-hydrogen) atoms. The van der Waals surface area contributed by atoms with Gasteiger partial charge < -0.3 is 10.9 Å². The van der Waals surface area contributed by atoms with Crippen molar-refractivity contribution in [3.8, 4) is 0 Å². The van der Waals surface area contributed by atoms with Crippen molar-refractivity contribution < 1.29 is 76.0 Å². The molecule has 0 aromatic carbocycles. The van der Waals surface area contributed by atoms with Crippen molar-refractivity contribution in [2.75, 3.05) is 0 Å². The predicted molar refractivity (Wildman–Crippen MR) is 120 cm³/mol. The second kappa shape index (κ2) is 17.2. The van der Waals surface area contributed by atoms with Gasteiger partial charge in [0.1, 0.15) is 0 Å². The average Bonchev–Trinajstić information content (AvgIpc) is 2.69. The van der Waals surface area contributed by atoms with Gasteiger partial charge in [0.05, 0.1) is 12.8 Å². The van der Waals surface area contributed by atoms with E-state index in [2.05, 4.69) is 0 Å². The van der Waals surface area contributed by atoms with E-state index < -0.39 is 67.7 Å². The minimum absolute atomic E-state index is 0. The van der Waals surface area contributed by atoms with Crippen molar-refractivity contribution in [1.82, 2.24) is 0 Å². The molecule has 13 heteroatoms. The van der Waals surface area contributed by atoms with Crippen molar-refractivity contribution >= 4 is 32.2 Å². The van der Waals surface area contributed by atoms with Crippen LogP contribution >= 0.6 is 0 Å². The van der Waals surface area contributed by atoms with Gasteiger partial charge in [-0.25, -0.2) is 0 Å². The molecule has 0 rings (SSSR count). The van der Waals surface area contributed by atoms with Crippen LogP contribution in [0.5, 0.6) is 0 Å². The van der Waals surface area contributed by atoms with Gasteiger partial charge >= 0.3 is 61.7 Å². The Morgan fingerprint density at radius 1 is 0.727 bits per heavy atom. The molecule has 0 aliphatic heterocycles. The van der Waals surface area contributed by atoms with Gasteiger partial charge in [-0.15, -0.1) is 0 Å². The van der Waals surface area contributed by atoms with Crippen molar-refractivity contribution in [2.45, 2.75) is 103 Å². The average molecular weight is 527 g/mol. The van der Waals surface area contributed by atoms with Crippen LogP contribution in [0.2, 0.25) is 0 Å². The van der Waals surface area contributed by atoms with E-state index in [1.165, 1.54) is 0 Å². The number of hydrogen-bond donors (Lipinski definition) is 2. The minimum atomic E-state index is -4.67. The van der Waals surface area contributed by atoms with E-state index in [1.54, 1.807) is 13.8 Å². The first-order chi connectivity index (χ1) is 14.8. The molecule has 10 nitrogen and oxygen atoms in total. The van der Waals surface area contributed by atoms with Crippen molar-refractivity contribution in [3.63, 3.8) is 0 Å². The number of rotatable bonds is 17. The molecule has 0 fully saturated rings. The third kappa shape index (κ3) is 14.0. The Hall–Kier alpha value is -0.240. The molecule has 0 saturated carbocycles. The Morgan fingerprint density at radius 3 is 1.24 bits per heavy atom. The second-order valence-corrected chi connectivity index (χ2v) is 10.9. The molecule has 2 N–H and O–H groups in total. The van der Waals surface area contributed by atoms with E-state index in [9.17, 15) is 35.5 Å². The van der Waals surface area contributed by atoms with Crippen LogP contribution in [0.3, 0.4) is 0 Å². The number of carbonyl (C=O) groups excluding carboxylic acids is 2. The van der Waals surface area contributed by atoms with Crippen LogP contribution in [0.15, 0.2) is 0 Å². The summed E-state index contributed by atoms with van der Waals surface area (Å²) < 4.78 is 75.7. The van der Waals surface area contributed by atoms with Crippen LogP contribution in [0, 0.1) is 11.8 Å². The summed E-state index contributed by atoms with van der Waals surface area (Å²) in [6.07, 6.45) is 3.37. The number of hydrogen-bond acceptors (Lipinski definition) is 8. The molecule has 0 amide bonds. The van der Waals surface area contributed by atoms with Gasteiger partial charge in [-0.05, 0) is 25.7 Å². The molecular formula is C20H39NaO10S2. The summed E-state index contributed by atoms with van der Waals surface area (Å²) in [6, 6.07) is 0. The van der Waals surface area contributed by atoms with Crippen LogP contribution < -0.4 is 29.6 Å². The first-order valence-corrected chi connectivity index (χ1v) is 14.1. The maximum atomic E-state index is 12.1. The summed E-state index contributed by atoms with van der Waals surface area (Å²) >= 11 is 0. The monoisotopic (exact) mass is 526 g/mol. The van der Waals surface area contributed by atoms with Crippen molar-refractivity contribution in [2.24, 2.45) is 11.8 Å². The summed E-state index contributed by atoms with van der Waals surface area (Å²) in [5, 5.41) is 0. The summed E-state index contributed by atoms with van der Waals surface area (Å²) in [5.74, 6) is -3.29. The zero-order valence-corrected chi connectivity index (χ0v) is 24.0. The van der Waals surface area contributed by atoms with Gasteiger partial charge in [0, 0.05) is 11.8 Å². The molecule has 192 valence electrons. The molecule has 0 heterocycles. The maximum Gasteiger partial charge on any atom is 1.00 e. The molecule has 0 aliphatic carbocycles. The smallest absolute Gasteiger partial charge is 1.00 e. The molecule has 0 aromatic heterocycles. The maximum absolute atomic E-state index is 12.1. The first-order valence-electron chi connectivity index (χ1n) is 11.1. The van der Waals surface area contributed by atoms with E-state index in [-0.39, 0.29) is 31.0 Å². The summed E-state index contributed by atoms with van der Waals surface area (Å²) in [4.78, 5) is 24.3. The van der Waals surface area contributed by atoms with Gasteiger partial charge in [0.2, 0.25) is 10.9 Å². The van der Waals surface area contributed by atoms with Gasteiger partial charge in [-0.2, -0.15) is 16.8 Å². The van der Waals surface area contributed by atoms with Crippen LogP contribution in [0.1, 0.15) is 93.3 Å². The molecular weight excluding hydrogens is 487 g/mol. The molecule has 0 saturated heterocycles. The molecule has 0 spiro atoms. The minimum Gasteiger partial charge on any atom is -1.00 e. The van der Waals surface area contributed by atoms with Crippen LogP contribution in [0.25, 0.3) is 0 Å². The Morgan fingerprint density at radius 2 is 1.03 bits per heavy atom. The number of esters is 2. The molecule has 0 radical (unpaired) electrons. The Bertz CT molecular complexity index is 723. The van der Waals surface area contributed by atoms with Crippen LogP contribution in [-0.4, -0.2) is 48.8 Å². The van der Waals surface area contributed by atoms with E-state index >= 15 is 0 Å². The predicted octanol–water partition coefficient (Wildman–Crippen LogP) is 0.830. The largest absolute Gasteiger partial charge is 1.00 e. The summed E-state index contributed by atoms with van der Waals surface area (Å²) in [5.41, 5.74) is -3.49. The fourth-order valence-electron chi connectivity index (χ4n) is 3.38. The van der Waals surface area contributed by atoms with Gasteiger partial charge in [0.15, 0.2) is 0 Å². The third-order valence-corrected chi connectivity index (χ3v) is 7.43. The Labute approximate surface area is 221 Å². The Balaban J connectivity index is -0.00000480. The second-order valence-electron chi connectivity index (χ2n) is 7.87. The van der Waals surface area contributed by atoms with Crippen molar-refractivity contribution in [1.29, 1.82) is 0 Å². The molecule has 0 aromatic rings. The van der Waals surface area contributed by atoms with E-state index in [4.69, 9.17) is 9.47 Å². The zero-order valence-electron chi connectivity index (χ0n) is 21.4. The first kappa shape index (κ1) is 34.9. The quantitative estimate of drug-likeness (QED) is 0.158. The molecule has 4 atom stereocenters. The zero-order chi connectivity index (χ0) is 24.9. The Kier molecular flexibility index (Phi) is 18.2. The SMILES string of the molecule is CCCCC(CC)C(OC(=O)CCC(=O)OC(C(CC)CCCC)S(=O)(=O)O)S(=O)(=O)O.[H-].[Na+]. The van der Waals surface area contributed by atoms with Crippen molar-refractivity contribution in [3.05, 3.63) is 0 Å². The van der Waals surface area contributed by atoms with Gasteiger partial charge in [-0.1, -0.05) is 53.4 Å². The molecule has 0 bridgehead atoms. The fourth-order valence-corrected chi connectivity index (χ4v) is 5.47. The summed E-state index contributed by atoms with van der Waals surface area (Å²) in [7, 11) is -9.35. The van der Waals surface area contributed by atoms with Crippen LogP contribution in [-0.2, 0) is 39.3 Å². The topological polar surface area (TPSA) is 161 Å². The number of carbonyl (C=O) groups is 2. The van der Waals surface area contributed by atoms with E-state index in [1.807, 2.05) is 13.8 Å². The van der Waals surface area contributed by atoms with Gasteiger partial charge in [0.25, 0.3) is 0 Å². The normalized spacial score (nSPS) is 15.6. The number of ether oxygens (including phenoxy) is 2. The fraction of sp³-hybridized carbons (Fsp3) is 0.900. The van der Waals surface area contributed by atoms with E-state index in [0.29, 0.717) is 38.5 Å². The summed E-state index contributed by atoms with van der Waals surface area (Å²) in [6.45, 7) is 7.25. The third-order valence-electron chi connectivity index (χ3n) is 5.29.